The summed E-state index contributed by atoms with van der Waals surface area (Å²) >= 11 is 0. The molecule has 20 heavy (non-hydrogen) atoms. The van der Waals surface area contributed by atoms with Gasteiger partial charge in [-0.2, -0.15) is 5.26 Å². The van der Waals surface area contributed by atoms with E-state index in [0.29, 0.717) is 11.5 Å². The zero-order valence-electron chi connectivity index (χ0n) is 11.2. The van der Waals surface area contributed by atoms with Crippen LogP contribution in [-0.2, 0) is 0 Å². The molecule has 1 unspecified atom stereocenters. The van der Waals surface area contributed by atoms with Gasteiger partial charge in [-0.25, -0.2) is 0 Å². The Hall–Kier alpha value is -2.13. The number of aliphatic hydroxyl groups is 1. The number of non-ortho nitro benzene ring substituents is 1. The van der Waals surface area contributed by atoms with Crippen molar-refractivity contribution in [1.82, 2.24) is 0 Å². The molecule has 0 saturated carbocycles. The number of piperidine rings is 1. The van der Waals surface area contributed by atoms with Crippen LogP contribution in [-0.4, -0.2) is 29.7 Å². The van der Waals surface area contributed by atoms with Gasteiger partial charge in [0, 0.05) is 31.8 Å². The predicted octanol–water partition coefficient (Wildman–Crippen LogP) is 2.07. The minimum atomic E-state index is -0.491. The summed E-state index contributed by atoms with van der Waals surface area (Å²) in [5.74, 6) is 0.412. The molecule has 1 aliphatic rings. The van der Waals surface area contributed by atoms with E-state index in [-0.39, 0.29) is 12.3 Å². The van der Waals surface area contributed by atoms with E-state index in [9.17, 15) is 15.4 Å². The Morgan fingerprint density at radius 2 is 2.35 bits per heavy atom. The highest BCUT2D eigenvalue weighted by Crippen LogP contribution is 2.29. The summed E-state index contributed by atoms with van der Waals surface area (Å²) in [7, 11) is 0. The summed E-state index contributed by atoms with van der Waals surface area (Å²) < 4.78 is 0. The second-order valence-electron chi connectivity index (χ2n) is 5.04. The van der Waals surface area contributed by atoms with Crippen LogP contribution < -0.4 is 4.90 Å². The summed E-state index contributed by atoms with van der Waals surface area (Å²) in [6.45, 7) is 1.80. The molecule has 1 saturated heterocycles. The topological polar surface area (TPSA) is 90.4 Å². The minimum Gasteiger partial charge on any atom is -0.396 e. The van der Waals surface area contributed by atoms with E-state index in [1.807, 2.05) is 6.07 Å². The van der Waals surface area contributed by atoms with Crippen molar-refractivity contribution in [2.45, 2.75) is 19.3 Å². The van der Waals surface area contributed by atoms with Crippen molar-refractivity contribution in [2.24, 2.45) is 5.92 Å². The van der Waals surface area contributed by atoms with E-state index < -0.39 is 4.92 Å². The Labute approximate surface area is 117 Å². The molecule has 6 heteroatoms. The fourth-order valence-corrected chi connectivity index (χ4v) is 2.70. The van der Waals surface area contributed by atoms with Gasteiger partial charge in [-0.05, 0) is 31.2 Å². The lowest BCUT2D eigenvalue weighted by Crippen LogP contribution is -2.36. The van der Waals surface area contributed by atoms with E-state index in [0.717, 1.165) is 38.0 Å². The van der Waals surface area contributed by atoms with Crippen LogP contribution in [0.4, 0.5) is 11.4 Å². The normalized spacial score (nSPS) is 18.6. The predicted molar refractivity (Wildman–Crippen MR) is 74.5 cm³/mol. The largest absolute Gasteiger partial charge is 0.396 e. The number of nitriles is 1. The molecule has 1 atom stereocenters. The monoisotopic (exact) mass is 275 g/mol. The van der Waals surface area contributed by atoms with Crippen molar-refractivity contribution in [1.29, 1.82) is 5.26 Å². The van der Waals surface area contributed by atoms with Crippen LogP contribution in [0.25, 0.3) is 0 Å². The van der Waals surface area contributed by atoms with Gasteiger partial charge in [0.2, 0.25) is 0 Å². The second kappa shape index (κ2) is 6.35. The van der Waals surface area contributed by atoms with Gasteiger partial charge in [-0.3, -0.25) is 10.1 Å². The molecule has 1 N–H and O–H groups in total. The molecule has 0 bridgehead atoms. The number of hydrogen-bond acceptors (Lipinski definition) is 5. The molecule has 0 aliphatic carbocycles. The van der Waals surface area contributed by atoms with Gasteiger partial charge < -0.3 is 10.0 Å². The van der Waals surface area contributed by atoms with Crippen molar-refractivity contribution < 1.29 is 10.0 Å². The summed E-state index contributed by atoms with van der Waals surface area (Å²) in [6, 6.07) is 6.45. The Morgan fingerprint density at radius 3 is 3.00 bits per heavy atom. The van der Waals surface area contributed by atoms with Gasteiger partial charge in [0.25, 0.3) is 5.69 Å². The van der Waals surface area contributed by atoms with Crippen molar-refractivity contribution in [3.8, 4) is 6.07 Å². The first kappa shape index (κ1) is 14.3. The lowest BCUT2D eigenvalue weighted by Gasteiger charge is -2.34. The molecular weight excluding hydrogens is 258 g/mol. The van der Waals surface area contributed by atoms with E-state index in [1.165, 1.54) is 12.1 Å². The maximum Gasteiger partial charge on any atom is 0.270 e. The third-order valence-electron chi connectivity index (χ3n) is 3.71. The third kappa shape index (κ3) is 3.06. The highest BCUT2D eigenvalue weighted by molar-refractivity contribution is 5.63. The van der Waals surface area contributed by atoms with Gasteiger partial charge >= 0.3 is 0 Å². The summed E-state index contributed by atoms with van der Waals surface area (Å²) in [4.78, 5) is 12.3. The zero-order valence-corrected chi connectivity index (χ0v) is 11.2. The number of nitrogens with zero attached hydrogens (tertiary/aromatic N) is 3. The molecule has 6 nitrogen and oxygen atoms in total. The molecule has 106 valence electrons. The van der Waals surface area contributed by atoms with Gasteiger partial charge in [0.05, 0.1) is 16.2 Å². The van der Waals surface area contributed by atoms with Crippen molar-refractivity contribution in [2.75, 3.05) is 24.6 Å². The first-order chi connectivity index (χ1) is 9.65. The van der Waals surface area contributed by atoms with Crippen molar-refractivity contribution in [3.63, 3.8) is 0 Å². The van der Waals surface area contributed by atoms with Crippen LogP contribution in [0.15, 0.2) is 18.2 Å². The van der Waals surface area contributed by atoms with Crippen LogP contribution in [0, 0.1) is 27.4 Å². The Kier molecular flexibility index (Phi) is 4.53. The van der Waals surface area contributed by atoms with Crippen molar-refractivity contribution in [3.05, 3.63) is 33.9 Å². The molecular formula is C14H17N3O3. The molecule has 1 aromatic carbocycles. The smallest absolute Gasteiger partial charge is 0.270 e. The highest BCUT2D eigenvalue weighted by atomic mass is 16.6. The van der Waals surface area contributed by atoms with Gasteiger partial charge in [0.15, 0.2) is 0 Å². The maximum absolute atomic E-state index is 10.7. The molecule has 0 amide bonds. The quantitative estimate of drug-likeness (QED) is 0.671. The molecule has 1 heterocycles. The first-order valence-corrected chi connectivity index (χ1v) is 6.70. The molecule has 0 radical (unpaired) electrons. The summed E-state index contributed by atoms with van der Waals surface area (Å²) in [5.41, 5.74) is 1.03. The highest BCUT2D eigenvalue weighted by Gasteiger charge is 2.22. The minimum absolute atomic E-state index is 0.0609. The van der Waals surface area contributed by atoms with Gasteiger partial charge in [0.1, 0.15) is 6.07 Å². The lowest BCUT2D eigenvalue weighted by molar-refractivity contribution is -0.384. The molecule has 0 spiro atoms. The number of aliphatic hydroxyl groups excluding tert-OH is 1. The average Bonchev–Trinajstić information content (AvgIpc) is 2.47. The average molecular weight is 275 g/mol. The van der Waals surface area contributed by atoms with Gasteiger partial charge in [-0.1, -0.05) is 0 Å². The molecule has 1 aliphatic heterocycles. The van der Waals surface area contributed by atoms with Crippen LogP contribution in [0.5, 0.6) is 0 Å². The SMILES string of the molecule is N#Cc1cc([N+](=O)[O-])ccc1N1CCCC(CCO)C1. The second-order valence-corrected chi connectivity index (χ2v) is 5.04. The van der Waals surface area contributed by atoms with Crippen LogP contribution in [0.3, 0.4) is 0 Å². The number of anilines is 1. The summed E-state index contributed by atoms with van der Waals surface area (Å²) in [6.07, 6.45) is 2.84. The first-order valence-electron chi connectivity index (χ1n) is 6.70. The molecule has 2 rings (SSSR count). The lowest BCUT2D eigenvalue weighted by atomic mass is 9.94. The Morgan fingerprint density at radius 1 is 1.55 bits per heavy atom. The standard InChI is InChI=1S/C14H17N3O3/c15-9-12-8-13(17(19)20)3-4-14(12)16-6-1-2-11(10-16)5-7-18/h3-4,8,11,18H,1-2,5-7,10H2. The Balaban J connectivity index is 2.23. The maximum atomic E-state index is 10.7. The number of nitro groups is 1. The van der Waals surface area contributed by atoms with Crippen molar-refractivity contribution >= 4 is 11.4 Å². The van der Waals surface area contributed by atoms with Gasteiger partial charge in [-0.15, -0.1) is 0 Å². The fraction of sp³-hybridized carbons (Fsp3) is 0.500. The van der Waals surface area contributed by atoms with E-state index in [4.69, 9.17) is 5.11 Å². The number of rotatable bonds is 4. The van der Waals surface area contributed by atoms with Crippen LogP contribution in [0.1, 0.15) is 24.8 Å². The van der Waals surface area contributed by atoms with E-state index >= 15 is 0 Å². The number of hydrogen-bond donors (Lipinski definition) is 1. The molecule has 1 fully saturated rings. The number of nitro benzene ring substituents is 1. The van der Waals surface area contributed by atoms with Crippen LogP contribution >= 0.6 is 0 Å². The molecule has 1 aromatic rings. The zero-order chi connectivity index (χ0) is 14.5. The number of benzene rings is 1. The third-order valence-corrected chi connectivity index (χ3v) is 3.71. The Bertz CT molecular complexity index is 537. The molecule has 0 aromatic heterocycles. The summed E-state index contributed by atoms with van der Waals surface area (Å²) in [5, 5.41) is 29.0. The van der Waals surface area contributed by atoms with E-state index in [2.05, 4.69) is 4.90 Å². The fourth-order valence-electron chi connectivity index (χ4n) is 2.70. The van der Waals surface area contributed by atoms with Crippen LogP contribution in [0.2, 0.25) is 0 Å². The van der Waals surface area contributed by atoms with E-state index in [1.54, 1.807) is 6.07 Å².